The lowest BCUT2D eigenvalue weighted by atomic mass is 10.2. The summed E-state index contributed by atoms with van der Waals surface area (Å²) in [5, 5.41) is 9.04. The van der Waals surface area contributed by atoms with Gasteiger partial charge in [0.1, 0.15) is 12.4 Å². The molecule has 6 heteroatoms. The van der Waals surface area contributed by atoms with E-state index in [-0.39, 0.29) is 19.1 Å². The van der Waals surface area contributed by atoms with Gasteiger partial charge in [0, 0.05) is 17.8 Å². The molecule has 0 amide bonds. The first kappa shape index (κ1) is 12.3. The number of ether oxygens (including phenoxy) is 3. The fourth-order valence-corrected chi connectivity index (χ4v) is 1.88. The van der Waals surface area contributed by atoms with E-state index < -0.39 is 5.97 Å². The van der Waals surface area contributed by atoms with Crippen molar-refractivity contribution >= 4 is 5.97 Å². The molecule has 1 aliphatic heterocycles. The number of carboxylic acid groups (broad SMARTS) is 1. The molecule has 0 bridgehead atoms. The number of fused-ring (bicyclic) bond motifs is 1. The van der Waals surface area contributed by atoms with Gasteiger partial charge in [-0.25, -0.2) is 9.78 Å². The number of rotatable bonds is 4. The summed E-state index contributed by atoms with van der Waals surface area (Å²) in [5.74, 6) is 0.793. The zero-order valence-electron chi connectivity index (χ0n) is 10.4. The van der Waals surface area contributed by atoms with E-state index in [2.05, 4.69) is 4.98 Å². The van der Waals surface area contributed by atoms with E-state index in [4.69, 9.17) is 19.3 Å². The van der Waals surface area contributed by atoms with Gasteiger partial charge in [-0.3, -0.25) is 0 Å². The van der Waals surface area contributed by atoms with E-state index in [1.807, 2.05) is 0 Å². The Bertz CT molecular complexity index is 656. The summed E-state index contributed by atoms with van der Waals surface area (Å²) in [5.41, 5.74) is 0.505. The molecule has 2 aromatic rings. The summed E-state index contributed by atoms with van der Waals surface area (Å²) in [6.45, 7) is 0.319. The number of carboxylic acids is 1. The van der Waals surface area contributed by atoms with Crippen molar-refractivity contribution in [2.75, 3.05) is 6.79 Å². The zero-order valence-corrected chi connectivity index (χ0v) is 10.4. The number of nitrogens with zero attached hydrogens (tertiary/aromatic N) is 1. The van der Waals surface area contributed by atoms with Crippen LogP contribution in [-0.2, 0) is 6.61 Å². The standard InChI is InChI=1S/C14H11NO5/c16-14(17)13-9(2-1-5-15-13)7-18-10-3-4-11-12(6-10)20-8-19-11/h1-6H,7-8H2,(H,16,17). The molecule has 3 rings (SSSR count). The Balaban J connectivity index is 1.75. The van der Waals surface area contributed by atoms with Crippen LogP contribution in [0.5, 0.6) is 17.2 Å². The molecule has 0 atom stereocenters. The Morgan fingerprint density at radius 1 is 1.30 bits per heavy atom. The van der Waals surface area contributed by atoms with Crippen molar-refractivity contribution in [2.24, 2.45) is 0 Å². The molecule has 2 heterocycles. The first-order chi connectivity index (χ1) is 9.74. The summed E-state index contributed by atoms with van der Waals surface area (Å²) in [6, 6.07) is 8.54. The molecule has 1 N–H and O–H groups in total. The normalized spacial score (nSPS) is 12.2. The van der Waals surface area contributed by atoms with Crippen molar-refractivity contribution in [3.05, 3.63) is 47.8 Å². The van der Waals surface area contributed by atoms with E-state index in [0.717, 1.165) is 0 Å². The van der Waals surface area contributed by atoms with Crippen LogP contribution in [0.4, 0.5) is 0 Å². The highest BCUT2D eigenvalue weighted by molar-refractivity contribution is 5.86. The van der Waals surface area contributed by atoms with Gasteiger partial charge >= 0.3 is 5.97 Å². The Hall–Kier alpha value is -2.76. The number of benzene rings is 1. The summed E-state index contributed by atoms with van der Waals surface area (Å²) < 4.78 is 16.0. The zero-order chi connectivity index (χ0) is 13.9. The van der Waals surface area contributed by atoms with E-state index in [0.29, 0.717) is 22.8 Å². The lowest BCUT2D eigenvalue weighted by molar-refractivity contribution is 0.0687. The van der Waals surface area contributed by atoms with Crippen LogP contribution in [0.3, 0.4) is 0 Å². The maximum absolute atomic E-state index is 11.0. The van der Waals surface area contributed by atoms with Gasteiger partial charge in [0.25, 0.3) is 0 Å². The van der Waals surface area contributed by atoms with E-state index in [1.165, 1.54) is 6.20 Å². The Morgan fingerprint density at radius 2 is 2.15 bits per heavy atom. The van der Waals surface area contributed by atoms with Gasteiger partial charge in [0.2, 0.25) is 6.79 Å². The first-order valence-electron chi connectivity index (χ1n) is 5.93. The maximum Gasteiger partial charge on any atom is 0.354 e. The van der Waals surface area contributed by atoms with Gasteiger partial charge < -0.3 is 19.3 Å². The molecule has 0 fully saturated rings. The van der Waals surface area contributed by atoms with Gasteiger partial charge in [0.15, 0.2) is 17.2 Å². The Kier molecular flexibility index (Phi) is 3.12. The third-order valence-electron chi connectivity index (χ3n) is 2.83. The van der Waals surface area contributed by atoms with Gasteiger partial charge in [0.05, 0.1) is 0 Å². The molecule has 0 radical (unpaired) electrons. The number of aromatic nitrogens is 1. The molecule has 0 unspecified atom stereocenters. The van der Waals surface area contributed by atoms with Crippen LogP contribution in [0.2, 0.25) is 0 Å². The fraction of sp³-hybridized carbons (Fsp3) is 0.143. The van der Waals surface area contributed by atoms with Crippen LogP contribution in [0.25, 0.3) is 0 Å². The van der Waals surface area contributed by atoms with Gasteiger partial charge in [-0.2, -0.15) is 0 Å². The highest BCUT2D eigenvalue weighted by Gasteiger charge is 2.15. The van der Waals surface area contributed by atoms with Crippen molar-refractivity contribution < 1.29 is 24.1 Å². The number of hydrogen-bond acceptors (Lipinski definition) is 5. The van der Waals surface area contributed by atoms with Crippen molar-refractivity contribution in [1.29, 1.82) is 0 Å². The van der Waals surface area contributed by atoms with Crippen LogP contribution in [-0.4, -0.2) is 22.9 Å². The lowest BCUT2D eigenvalue weighted by Gasteiger charge is -2.08. The molecule has 6 nitrogen and oxygen atoms in total. The molecule has 0 saturated heterocycles. The summed E-state index contributed by atoms with van der Waals surface area (Å²) in [4.78, 5) is 14.9. The third kappa shape index (κ3) is 2.35. The smallest absolute Gasteiger partial charge is 0.354 e. The highest BCUT2D eigenvalue weighted by atomic mass is 16.7. The second-order valence-electron chi connectivity index (χ2n) is 4.12. The van der Waals surface area contributed by atoms with Crippen molar-refractivity contribution in [3.8, 4) is 17.2 Å². The summed E-state index contributed by atoms with van der Waals surface area (Å²) >= 11 is 0. The first-order valence-corrected chi connectivity index (χ1v) is 5.93. The lowest BCUT2D eigenvalue weighted by Crippen LogP contribution is -2.07. The largest absolute Gasteiger partial charge is 0.489 e. The minimum Gasteiger partial charge on any atom is -0.489 e. The maximum atomic E-state index is 11.0. The fourth-order valence-electron chi connectivity index (χ4n) is 1.88. The van der Waals surface area contributed by atoms with Gasteiger partial charge in [-0.15, -0.1) is 0 Å². The molecule has 0 spiro atoms. The monoisotopic (exact) mass is 273 g/mol. The third-order valence-corrected chi connectivity index (χ3v) is 2.83. The minimum atomic E-state index is -1.07. The molecule has 0 aliphatic carbocycles. The molecular weight excluding hydrogens is 262 g/mol. The predicted octanol–water partition coefficient (Wildman–Crippen LogP) is 2.09. The average molecular weight is 273 g/mol. The van der Waals surface area contributed by atoms with Crippen molar-refractivity contribution in [1.82, 2.24) is 4.98 Å². The number of pyridine rings is 1. The number of hydrogen-bond donors (Lipinski definition) is 1. The Labute approximate surface area is 114 Å². The topological polar surface area (TPSA) is 77.9 Å². The van der Waals surface area contributed by atoms with Crippen LogP contribution in [0, 0.1) is 0 Å². The highest BCUT2D eigenvalue weighted by Crippen LogP contribution is 2.35. The average Bonchev–Trinajstić information content (AvgIpc) is 2.92. The van der Waals surface area contributed by atoms with E-state index in [9.17, 15) is 4.79 Å². The molecule has 20 heavy (non-hydrogen) atoms. The molecule has 102 valence electrons. The number of aromatic carboxylic acids is 1. The van der Waals surface area contributed by atoms with Crippen molar-refractivity contribution in [2.45, 2.75) is 6.61 Å². The molecule has 1 aromatic heterocycles. The predicted molar refractivity (Wildman–Crippen MR) is 68.1 cm³/mol. The summed E-state index contributed by atoms with van der Waals surface area (Å²) in [7, 11) is 0. The molecule has 0 saturated carbocycles. The number of carbonyl (C=O) groups is 1. The SMILES string of the molecule is O=C(O)c1ncccc1COc1ccc2c(c1)OCO2. The quantitative estimate of drug-likeness (QED) is 0.919. The van der Waals surface area contributed by atoms with Gasteiger partial charge in [-0.1, -0.05) is 6.07 Å². The second kappa shape index (κ2) is 5.08. The van der Waals surface area contributed by atoms with Gasteiger partial charge in [-0.05, 0) is 18.2 Å². The van der Waals surface area contributed by atoms with E-state index in [1.54, 1.807) is 30.3 Å². The summed E-state index contributed by atoms with van der Waals surface area (Å²) in [6.07, 6.45) is 1.44. The Morgan fingerprint density at radius 3 is 3.00 bits per heavy atom. The molecule has 1 aromatic carbocycles. The van der Waals surface area contributed by atoms with Crippen LogP contribution in [0.15, 0.2) is 36.5 Å². The second-order valence-corrected chi connectivity index (χ2v) is 4.12. The van der Waals surface area contributed by atoms with Crippen LogP contribution < -0.4 is 14.2 Å². The van der Waals surface area contributed by atoms with Crippen LogP contribution in [0.1, 0.15) is 16.1 Å². The molecule has 1 aliphatic rings. The van der Waals surface area contributed by atoms with Crippen molar-refractivity contribution in [3.63, 3.8) is 0 Å². The minimum absolute atomic E-state index is 0.00626. The van der Waals surface area contributed by atoms with E-state index >= 15 is 0 Å². The molecular formula is C14H11NO5. The van der Waals surface area contributed by atoms with Crippen LogP contribution >= 0.6 is 0 Å².